The van der Waals surface area contributed by atoms with Crippen LogP contribution < -0.4 is 10.6 Å². The minimum Gasteiger partial charge on any atom is -0.357 e. The molecule has 24 heavy (non-hydrogen) atoms. The van der Waals surface area contributed by atoms with E-state index >= 15 is 0 Å². The molecule has 0 aliphatic heterocycles. The number of aliphatic imine (C=N–C) groups is 1. The number of rotatable bonds is 6. The van der Waals surface area contributed by atoms with Crippen molar-refractivity contribution >= 4 is 17.3 Å². The SMILES string of the molecule is CCNC(=NCc1nc(C(C)C)cs1)NCC1Cc2ccccc21. The zero-order valence-corrected chi connectivity index (χ0v) is 15.5. The van der Waals surface area contributed by atoms with Crippen LogP contribution in [0.1, 0.15) is 54.4 Å². The summed E-state index contributed by atoms with van der Waals surface area (Å²) in [5, 5.41) is 10.0. The van der Waals surface area contributed by atoms with Crippen molar-refractivity contribution in [1.82, 2.24) is 15.6 Å². The Bertz CT molecular complexity index is 705. The molecule has 1 heterocycles. The molecule has 1 unspecified atom stereocenters. The van der Waals surface area contributed by atoms with Gasteiger partial charge in [-0.05, 0) is 30.4 Å². The Morgan fingerprint density at radius 1 is 1.33 bits per heavy atom. The van der Waals surface area contributed by atoms with Gasteiger partial charge in [0, 0.05) is 24.4 Å². The fourth-order valence-corrected chi connectivity index (χ4v) is 3.79. The molecule has 128 valence electrons. The van der Waals surface area contributed by atoms with Gasteiger partial charge >= 0.3 is 0 Å². The van der Waals surface area contributed by atoms with Crippen LogP contribution in [-0.2, 0) is 13.0 Å². The van der Waals surface area contributed by atoms with Gasteiger partial charge in [0.15, 0.2) is 5.96 Å². The molecule has 0 amide bonds. The Hall–Kier alpha value is -1.88. The van der Waals surface area contributed by atoms with Gasteiger partial charge in [-0.15, -0.1) is 11.3 Å². The lowest BCUT2D eigenvalue weighted by Gasteiger charge is -2.30. The maximum Gasteiger partial charge on any atom is 0.191 e. The van der Waals surface area contributed by atoms with Crippen molar-refractivity contribution in [1.29, 1.82) is 0 Å². The first-order chi connectivity index (χ1) is 11.7. The normalized spacial score (nSPS) is 16.7. The Kier molecular flexibility index (Phi) is 5.51. The number of fused-ring (bicyclic) bond motifs is 1. The average Bonchev–Trinajstić information content (AvgIpc) is 3.02. The van der Waals surface area contributed by atoms with E-state index in [1.54, 1.807) is 11.3 Å². The molecule has 3 rings (SSSR count). The smallest absolute Gasteiger partial charge is 0.191 e. The fraction of sp³-hybridized carbons (Fsp3) is 0.474. The van der Waals surface area contributed by atoms with Crippen LogP contribution in [0.2, 0.25) is 0 Å². The zero-order valence-electron chi connectivity index (χ0n) is 14.7. The molecule has 0 bridgehead atoms. The van der Waals surface area contributed by atoms with E-state index < -0.39 is 0 Å². The Labute approximate surface area is 148 Å². The van der Waals surface area contributed by atoms with Gasteiger partial charge in [0.2, 0.25) is 0 Å². The van der Waals surface area contributed by atoms with Crippen molar-refractivity contribution in [3.8, 4) is 0 Å². The molecule has 2 aromatic rings. The maximum absolute atomic E-state index is 4.69. The van der Waals surface area contributed by atoms with E-state index in [1.807, 2.05) is 0 Å². The van der Waals surface area contributed by atoms with Crippen molar-refractivity contribution in [2.75, 3.05) is 13.1 Å². The highest BCUT2D eigenvalue weighted by Crippen LogP contribution is 2.33. The Balaban J connectivity index is 1.56. The summed E-state index contributed by atoms with van der Waals surface area (Å²) in [5.41, 5.74) is 4.12. The van der Waals surface area contributed by atoms with Crippen molar-refractivity contribution in [2.24, 2.45) is 4.99 Å². The number of benzene rings is 1. The summed E-state index contributed by atoms with van der Waals surface area (Å²) >= 11 is 1.69. The van der Waals surface area contributed by atoms with Crippen LogP contribution in [0.3, 0.4) is 0 Å². The highest BCUT2D eigenvalue weighted by atomic mass is 32.1. The molecule has 0 radical (unpaired) electrons. The zero-order chi connectivity index (χ0) is 16.9. The number of nitrogens with zero attached hydrogens (tertiary/aromatic N) is 2. The van der Waals surface area contributed by atoms with Gasteiger partial charge in [-0.1, -0.05) is 38.1 Å². The number of thiazole rings is 1. The maximum atomic E-state index is 4.69. The molecule has 0 saturated carbocycles. The molecule has 5 heteroatoms. The summed E-state index contributed by atoms with van der Waals surface area (Å²) in [7, 11) is 0. The molecule has 0 spiro atoms. The van der Waals surface area contributed by atoms with Crippen LogP contribution in [0.25, 0.3) is 0 Å². The second-order valence-corrected chi connectivity index (χ2v) is 7.44. The number of aromatic nitrogens is 1. The van der Waals surface area contributed by atoms with Crippen LogP contribution in [0.4, 0.5) is 0 Å². The number of nitrogens with one attached hydrogen (secondary N) is 2. The third-order valence-electron chi connectivity index (χ3n) is 4.35. The average molecular weight is 343 g/mol. The van der Waals surface area contributed by atoms with Gasteiger partial charge in [-0.2, -0.15) is 0 Å². The first-order valence-electron chi connectivity index (χ1n) is 8.71. The first-order valence-corrected chi connectivity index (χ1v) is 9.59. The standard InChI is InChI=1S/C19H26N4S/c1-4-20-19(22-11-18-23-17(12-24-18)13(2)3)21-10-15-9-14-7-5-6-8-16(14)15/h5-8,12-13,15H,4,9-11H2,1-3H3,(H2,20,21,22). The monoisotopic (exact) mass is 342 g/mol. The number of hydrogen-bond acceptors (Lipinski definition) is 3. The molecule has 1 aliphatic rings. The molecule has 0 fully saturated rings. The van der Waals surface area contributed by atoms with E-state index in [0.29, 0.717) is 18.4 Å². The van der Waals surface area contributed by atoms with E-state index in [0.717, 1.165) is 36.2 Å². The van der Waals surface area contributed by atoms with E-state index in [2.05, 4.69) is 71.0 Å². The van der Waals surface area contributed by atoms with Gasteiger partial charge in [0.05, 0.1) is 12.2 Å². The van der Waals surface area contributed by atoms with E-state index in [-0.39, 0.29) is 0 Å². The molecular formula is C19H26N4S. The molecule has 1 aromatic heterocycles. The molecule has 1 aliphatic carbocycles. The fourth-order valence-electron chi connectivity index (χ4n) is 2.92. The summed E-state index contributed by atoms with van der Waals surface area (Å²) in [6.45, 7) is 8.86. The number of hydrogen-bond donors (Lipinski definition) is 2. The van der Waals surface area contributed by atoms with Crippen LogP contribution in [0, 0.1) is 0 Å². The summed E-state index contributed by atoms with van der Waals surface area (Å²) in [6.07, 6.45) is 1.16. The van der Waals surface area contributed by atoms with Crippen LogP contribution >= 0.6 is 11.3 Å². The van der Waals surface area contributed by atoms with Crippen LogP contribution in [0.15, 0.2) is 34.6 Å². The summed E-state index contributed by atoms with van der Waals surface area (Å²) in [5.74, 6) is 1.95. The largest absolute Gasteiger partial charge is 0.357 e. The van der Waals surface area contributed by atoms with E-state index in [4.69, 9.17) is 0 Å². The van der Waals surface area contributed by atoms with E-state index in [9.17, 15) is 0 Å². The van der Waals surface area contributed by atoms with Crippen molar-refractivity contribution in [2.45, 2.75) is 45.6 Å². The van der Waals surface area contributed by atoms with Crippen molar-refractivity contribution in [3.63, 3.8) is 0 Å². The van der Waals surface area contributed by atoms with Gasteiger partial charge < -0.3 is 10.6 Å². The summed E-state index contributed by atoms with van der Waals surface area (Å²) in [4.78, 5) is 9.34. The highest BCUT2D eigenvalue weighted by molar-refractivity contribution is 7.09. The van der Waals surface area contributed by atoms with Crippen molar-refractivity contribution < 1.29 is 0 Å². The van der Waals surface area contributed by atoms with E-state index in [1.165, 1.54) is 11.1 Å². The summed E-state index contributed by atoms with van der Waals surface area (Å²) in [6, 6.07) is 8.70. The molecular weight excluding hydrogens is 316 g/mol. The second-order valence-electron chi connectivity index (χ2n) is 6.50. The van der Waals surface area contributed by atoms with Crippen LogP contribution in [0.5, 0.6) is 0 Å². The molecule has 2 N–H and O–H groups in total. The Morgan fingerprint density at radius 2 is 2.17 bits per heavy atom. The lowest BCUT2D eigenvalue weighted by atomic mass is 9.78. The minimum atomic E-state index is 0.476. The molecule has 1 aromatic carbocycles. The molecule has 4 nitrogen and oxygen atoms in total. The second kappa shape index (κ2) is 7.79. The van der Waals surface area contributed by atoms with Crippen LogP contribution in [-0.4, -0.2) is 24.0 Å². The Morgan fingerprint density at radius 3 is 2.88 bits per heavy atom. The summed E-state index contributed by atoms with van der Waals surface area (Å²) < 4.78 is 0. The van der Waals surface area contributed by atoms with Gasteiger partial charge in [-0.25, -0.2) is 9.98 Å². The minimum absolute atomic E-state index is 0.476. The predicted molar refractivity (Wildman–Crippen MR) is 102 cm³/mol. The van der Waals surface area contributed by atoms with Crippen molar-refractivity contribution in [3.05, 3.63) is 51.5 Å². The topological polar surface area (TPSA) is 49.3 Å². The number of guanidine groups is 1. The first kappa shape index (κ1) is 17.0. The highest BCUT2D eigenvalue weighted by Gasteiger charge is 2.25. The van der Waals surface area contributed by atoms with Gasteiger partial charge in [0.25, 0.3) is 0 Å². The molecule has 0 saturated heterocycles. The lowest BCUT2D eigenvalue weighted by molar-refractivity contribution is 0.584. The van der Waals surface area contributed by atoms with Gasteiger partial charge in [0.1, 0.15) is 5.01 Å². The predicted octanol–water partition coefficient (Wildman–Crippen LogP) is 3.66. The quantitative estimate of drug-likeness (QED) is 0.622. The third kappa shape index (κ3) is 3.96. The lowest BCUT2D eigenvalue weighted by Crippen LogP contribution is -2.41. The molecule has 1 atom stereocenters. The van der Waals surface area contributed by atoms with Gasteiger partial charge in [-0.3, -0.25) is 0 Å². The third-order valence-corrected chi connectivity index (χ3v) is 5.21.